The topological polar surface area (TPSA) is 151 Å². The summed E-state index contributed by atoms with van der Waals surface area (Å²) in [5.41, 5.74) is 6.80. The summed E-state index contributed by atoms with van der Waals surface area (Å²) in [6.07, 6.45) is 1.45. The standard InChI is InChI=1S/C15H13N4O5PS/c16-5-11(17)12-7-26-15(18-12)14(20)10-6-19(8-24-25(21,22)23)13-4-2-1-3-9(10)13/h1-4,6-7,11H,8,17H2,(H2,21,22,23). The first-order chi connectivity index (χ1) is 12.3. The number of rotatable bonds is 6. The molecule has 9 nitrogen and oxygen atoms in total. The van der Waals surface area contributed by atoms with E-state index in [0.29, 0.717) is 22.2 Å². The van der Waals surface area contributed by atoms with Crippen LogP contribution in [0.15, 0.2) is 35.8 Å². The average Bonchev–Trinajstić information content (AvgIpc) is 3.23. The third-order valence-corrected chi connectivity index (χ3v) is 4.88. The van der Waals surface area contributed by atoms with E-state index < -0.39 is 20.6 Å². The maximum Gasteiger partial charge on any atom is 0.471 e. The number of nitrogens with zero attached hydrogens (tertiary/aromatic N) is 3. The van der Waals surface area contributed by atoms with Crippen LogP contribution in [0.3, 0.4) is 0 Å². The highest BCUT2D eigenvalue weighted by Gasteiger charge is 2.22. The van der Waals surface area contributed by atoms with Gasteiger partial charge in [-0.15, -0.1) is 11.3 Å². The second kappa shape index (κ2) is 7.09. The molecule has 1 unspecified atom stereocenters. The number of nitriles is 1. The number of thiazole rings is 1. The Kier molecular flexibility index (Phi) is 5.02. The van der Waals surface area contributed by atoms with Crippen molar-refractivity contribution >= 4 is 35.8 Å². The van der Waals surface area contributed by atoms with Crippen LogP contribution in [0.5, 0.6) is 0 Å². The number of fused-ring (bicyclic) bond motifs is 1. The number of hydrogen-bond acceptors (Lipinski definition) is 7. The van der Waals surface area contributed by atoms with Crippen molar-refractivity contribution in [1.29, 1.82) is 5.26 Å². The van der Waals surface area contributed by atoms with Gasteiger partial charge in [0.15, 0.2) is 5.01 Å². The van der Waals surface area contributed by atoms with Crippen LogP contribution >= 0.6 is 19.2 Å². The van der Waals surface area contributed by atoms with Gasteiger partial charge >= 0.3 is 7.82 Å². The molecule has 11 heteroatoms. The number of benzene rings is 1. The fraction of sp³-hybridized carbons (Fsp3) is 0.133. The third kappa shape index (κ3) is 3.73. The summed E-state index contributed by atoms with van der Waals surface area (Å²) in [4.78, 5) is 34.7. The molecule has 0 fully saturated rings. The Morgan fingerprint density at radius 3 is 2.88 bits per heavy atom. The highest BCUT2D eigenvalue weighted by Crippen LogP contribution is 2.37. The highest BCUT2D eigenvalue weighted by molar-refractivity contribution is 7.46. The van der Waals surface area contributed by atoms with E-state index in [0.717, 1.165) is 11.3 Å². The van der Waals surface area contributed by atoms with Gasteiger partial charge in [0.1, 0.15) is 12.8 Å². The molecule has 26 heavy (non-hydrogen) atoms. The first-order valence-electron chi connectivity index (χ1n) is 7.23. The normalized spacial score (nSPS) is 12.8. The zero-order valence-corrected chi connectivity index (χ0v) is 14.9. The molecule has 4 N–H and O–H groups in total. The van der Waals surface area contributed by atoms with Gasteiger partial charge in [0, 0.05) is 17.0 Å². The van der Waals surface area contributed by atoms with E-state index in [-0.39, 0.29) is 10.8 Å². The molecule has 0 aliphatic carbocycles. The Labute approximate surface area is 151 Å². The van der Waals surface area contributed by atoms with Gasteiger partial charge in [0.25, 0.3) is 0 Å². The van der Waals surface area contributed by atoms with Crippen LogP contribution in [0.2, 0.25) is 0 Å². The van der Waals surface area contributed by atoms with Gasteiger partial charge in [-0.05, 0) is 6.07 Å². The molecule has 0 spiro atoms. The molecule has 1 aromatic carbocycles. The molecule has 0 amide bonds. The fourth-order valence-electron chi connectivity index (χ4n) is 2.39. The minimum Gasteiger partial charge on any atom is -0.322 e. The Hall–Kier alpha value is -2.38. The van der Waals surface area contributed by atoms with Gasteiger partial charge in [0.2, 0.25) is 5.78 Å². The Morgan fingerprint density at radius 1 is 1.46 bits per heavy atom. The zero-order chi connectivity index (χ0) is 18.9. The Bertz CT molecular complexity index is 1060. The van der Waals surface area contributed by atoms with Gasteiger partial charge in [-0.2, -0.15) is 5.26 Å². The SMILES string of the molecule is N#CC(N)c1csc(C(=O)c2cn(COP(=O)(O)O)c3ccccc23)n1. The molecule has 1 atom stereocenters. The molecule has 0 aliphatic heterocycles. The third-order valence-electron chi connectivity index (χ3n) is 3.57. The molecule has 0 saturated heterocycles. The predicted octanol–water partition coefficient (Wildman–Crippen LogP) is 1.92. The second-order valence-electron chi connectivity index (χ2n) is 5.29. The van der Waals surface area contributed by atoms with Crippen LogP contribution in [-0.4, -0.2) is 25.1 Å². The largest absolute Gasteiger partial charge is 0.471 e. The van der Waals surface area contributed by atoms with E-state index in [2.05, 4.69) is 9.51 Å². The number of phosphoric ester groups is 1. The number of nitrogens with two attached hydrogens (primary N) is 1. The van der Waals surface area contributed by atoms with E-state index in [9.17, 15) is 9.36 Å². The van der Waals surface area contributed by atoms with Crippen LogP contribution in [-0.2, 0) is 15.8 Å². The molecule has 2 heterocycles. The smallest absolute Gasteiger partial charge is 0.322 e. The number of para-hydroxylation sites is 1. The molecule has 3 rings (SSSR count). The first-order valence-corrected chi connectivity index (χ1v) is 9.64. The molecule has 0 bridgehead atoms. The molecule has 0 radical (unpaired) electrons. The molecule has 134 valence electrons. The van der Waals surface area contributed by atoms with Crippen LogP contribution in [0.25, 0.3) is 10.9 Å². The van der Waals surface area contributed by atoms with Gasteiger partial charge in [-0.25, -0.2) is 9.55 Å². The molecular weight excluding hydrogens is 379 g/mol. The summed E-state index contributed by atoms with van der Waals surface area (Å²) in [5.74, 6) is -0.377. The highest BCUT2D eigenvalue weighted by atomic mass is 32.1. The minimum atomic E-state index is -4.65. The van der Waals surface area contributed by atoms with Crippen molar-refractivity contribution in [1.82, 2.24) is 9.55 Å². The van der Waals surface area contributed by atoms with E-state index in [4.69, 9.17) is 20.8 Å². The van der Waals surface area contributed by atoms with E-state index >= 15 is 0 Å². The quantitative estimate of drug-likeness (QED) is 0.425. The zero-order valence-electron chi connectivity index (χ0n) is 13.1. The van der Waals surface area contributed by atoms with Gasteiger partial charge in [-0.1, -0.05) is 18.2 Å². The predicted molar refractivity (Wildman–Crippen MR) is 93.2 cm³/mol. The van der Waals surface area contributed by atoms with Crippen molar-refractivity contribution in [3.8, 4) is 6.07 Å². The molecule has 0 saturated carbocycles. The van der Waals surface area contributed by atoms with Crippen molar-refractivity contribution in [3.63, 3.8) is 0 Å². The lowest BCUT2D eigenvalue weighted by Gasteiger charge is -2.07. The number of carbonyl (C=O) groups is 1. The summed E-state index contributed by atoms with van der Waals surface area (Å²) in [5, 5.41) is 11.2. The van der Waals surface area contributed by atoms with Gasteiger partial charge in [0.05, 0.1) is 22.8 Å². The number of carbonyl (C=O) groups excluding carboxylic acids is 1. The van der Waals surface area contributed by atoms with E-state index in [1.165, 1.54) is 10.8 Å². The summed E-state index contributed by atoms with van der Waals surface area (Å²) in [7, 11) is -4.65. The maximum atomic E-state index is 12.8. The fourth-order valence-corrected chi connectivity index (χ4v) is 3.47. The summed E-state index contributed by atoms with van der Waals surface area (Å²) in [6, 6.07) is 7.84. The van der Waals surface area contributed by atoms with Crippen molar-refractivity contribution in [2.24, 2.45) is 5.73 Å². The second-order valence-corrected chi connectivity index (χ2v) is 7.39. The molecular formula is C15H13N4O5PS. The maximum absolute atomic E-state index is 12.8. The van der Waals surface area contributed by atoms with Crippen molar-refractivity contribution in [2.45, 2.75) is 12.8 Å². The van der Waals surface area contributed by atoms with E-state index in [1.807, 2.05) is 6.07 Å². The molecule has 0 aliphatic rings. The van der Waals surface area contributed by atoms with Gasteiger partial charge < -0.3 is 20.1 Å². The van der Waals surface area contributed by atoms with Crippen LogP contribution in [0, 0.1) is 11.3 Å². The summed E-state index contributed by atoms with van der Waals surface area (Å²) >= 11 is 1.07. The molecule has 3 aromatic rings. The minimum absolute atomic E-state index is 0.171. The summed E-state index contributed by atoms with van der Waals surface area (Å²) in [6.45, 7) is -0.416. The number of phosphoric acid groups is 1. The Morgan fingerprint density at radius 2 is 2.19 bits per heavy atom. The first kappa shape index (κ1) is 18.4. The van der Waals surface area contributed by atoms with Crippen molar-refractivity contribution in [2.75, 3.05) is 0 Å². The van der Waals surface area contributed by atoms with Crippen molar-refractivity contribution < 1.29 is 23.7 Å². The van der Waals surface area contributed by atoms with E-state index in [1.54, 1.807) is 29.6 Å². The lowest BCUT2D eigenvalue weighted by molar-refractivity contribution is 0.103. The number of ketones is 1. The van der Waals surface area contributed by atoms with Crippen LogP contribution in [0.4, 0.5) is 0 Å². The summed E-state index contributed by atoms with van der Waals surface area (Å²) < 4.78 is 16.9. The average molecular weight is 392 g/mol. The monoisotopic (exact) mass is 392 g/mol. The lowest BCUT2D eigenvalue weighted by Crippen LogP contribution is -2.08. The molecule has 2 aromatic heterocycles. The lowest BCUT2D eigenvalue weighted by atomic mass is 10.1. The number of hydrogen-bond donors (Lipinski definition) is 3. The van der Waals surface area contributed by atoms with Gasteiger partial charge in [-0.3, -0.25) is 9.32 Å². The van der Waals surface area contributed by atoms with Crippen LogP contribution in [0.1, 0.15) is 27.1 Å². The van der Waals surface area contributed by atoms with Crippen molar-refractivity contribution in [3.05, 3.63) is 52.1 Å². The number of aromatic nitrogens is 2. The Balaban J connectivity index is 1.99. The van der Waals surface area contributed by atoms with Crippen LogP contribution < -0.4 is 5.73 Å².